The van der Waals surface area contributed by atoms with Gasteiger partial charge in [-0.05, 0) is 87.0 Å². The number of rotatable bonds is 8. The van der Waals surface area contributed by atoms with Crippen LogP contribution in [0.3, 0.4) is 0 Å². The molecule has 50 heavy (non-hydrogen) atoms. The van der Waals surface area contributed by atoms with Crippen molar-refractivity contribution in [2.45, 2.75) is 128 Å². The van der Waals surface area contributed by atoms with Crippen LogP contribution in [0, 0.1) is 5.41 Å². The van der Waals surface area contributed by atoms with Crippen LogP contribution in [0.4, 0.5) is 32.3 Å². The van der Waals surface area contributed by atoms with Crippen molar-refractivity contribution in [2.24, 2.45) is 5.41 Å². The van der Waals surface area contributed by atoms with E-state index in [1.807, 2.05) is 27.7 Å². The molecule has 3 aliphatic rings. The third-order valence-electron chi connectivity index (χ3n) is 10.5. The number of anilines is 1. The average molecular weight is 705 g/mol. The van der Waals surface area contributed by atoms with E-state index in [1.54, 1.807) is 12.4 Å². The molecule has 2 aliphatic carbocycles. The Morgan fingerprint density at radius 2 is 1.56 bits per heavy atom. The van der Waals surface area contributed by atoms with Crippen LogP contribution < -0.4 is 4.90 Å². The summed E-state index contributed by atoms with van der Waals surface area (Å²) in [5.41, 5.74) is 2.13. The molecule has 6 rings (SSSR count). The maximum atomic E-state index is 17.2. The van der Waals surface area contributed by atoms with Gasteiger partial charge in [0.15, 0.2) is 6.17 Å². The Labute approximate surface area is 289 Å². The summed E-state index contributed by atoms with van der Waals surface area (Å²) >= 11 is 0. The lowest BCUT2D eigenvalue weighted by Gasteiger charge is -2.41. The van der Waals surface area contributed by atoms with E-state index in [0.29, 0.717) is 73.8 Å². The predicted octanol–water partition coefficient (Wildman–Crippen LogP) is 9.56. The van der Waals surface area contributed by atoms with Crippen LogP contribution in [0.5, 0.6) is 0 Å². The molecule has 0 amide bonds. The highest BCUT2D eigenvalue weighted by Crippen LogP contribution is 2.52. The summed E-state index contributed by atoms with van der Waals surface area (Å²) in [7, 11) is 0. The fourth-order valence-corrected chi connectivity index (χ4v) is 7.92. The molecule has 272 valence electrons. The van der Waals surface area contributed by atoms with Crippen molar-refractivity contribution in [3.63, 3.8) is 0 Å². The first-order valence-corrected chi connectivity index (χ1v) is 17.6. The molecule has 0 bridgehead atoms. The summed E-state index contributed by atoms with van der Waals surface area (Å²) in [5.74, 6) is -2.93. The number of aliphatic hydroxyl groups is 1. The largest absolute Gasteiger partial charge is 0.416 e. The van der Waals surface area contributed by atoms with Crippen molar-refractivity contribution in [3.8, 4) is 0 Å². The molecule has 3 heterocycles. The van der Waals surface area contributed by atoms with Gasteiger partial charge in [0.2, 0.25) is 11.9 Å². The SMILES string of the molecule is CC(C)OCc1cnc(N2CCC(c3nc4c(c(C5CCC(F)(F)CC5)c3C(F)c3ccc(C(F)(F)F)cc3)[C@@H](O)CC(C)(C)C4)CC2)nc1. The minimum Gasteiger partial charge on any atom is -0.388 e. The van der Waals surface area contributed by atoms with Gasteiger partial charge in [-0.3, -0.25) is 4.98 Å². The maximum Gasteiger partial charge on any atom is 0.416 e. The molecular weight excluding hydrogens is 658 g/mol. The van der Waals surface area contributed by atoms with Gasteiger partial charge in [0.25, 0.3) is 0 Å². The summed E-state index contributed by atoms with van der Waals surface area (Å²) in [4.78, 5) is 16.3. The van der Waals surface area contributed by atoms with Crippen LogP contribution in [0.1, 0.15) is 142 Å². The van der Waals surface area contributed by atoms with Crippen molar-refractivity contribution in [3.05, 3.63) is 81.4 Å². The maximum absolute atomic E-state index is 17.2. The Morgan fingerprint density at radius 3 is 2.14 bits per heavy atom. The number of ether oxygens (including phenoxy) is 1. The quantitative estimate of drug-likeness (QED) is 0.236. The Bertz CT molecular complexity index is 1630. The molecule has 6 nitrogen and oxygen atoms in total. The van der Waals surface area contributed by atoms with Crippen LogP contribution in [0.15, 0.2) is 36.7 Å². The molecule has 1 aromatic carbocycles. The second-order valence-corrected chi connectivity index (χ2v) is 15.4. The summed E-state index contributed by atoms with van der Waals surface area (Å²) in [6, 6.07) is 4.02. The molecule has 0 spiro atoms. The molecule has 3 aromatic rings. The van der Waals surface area contributed by atoms with Gasteiger partial charge in [-0.25, -0.2) is 23.1 Å². The highest BCUT2D eigenvalue weighted by molar-refractivity contribution is 5.51. The zero-order chi connectivity index (χ0) is 36.0. The summed E-state index contributed by atoms with van der Waals surface area (Å²) < 4.78 is 92.1. The minimum absolute atomic E-state index is 0.0291. The van der Waals surface area contributed by atoms with E-state index in [9.17, 15) is 27.1 Å². The Hall–Kier alpha value is -3.25. The molecule has 2 aromatic heterocycles. The smallest absolute Gasteiger partial charge is 0.388 e. The minimum atomic E-state index is -4.59. The first-order chi connectivity index (χ1) is 23.5. The molecule has 0 radical (unpaired) electrons. The zero-order valence-electron chi connectivity index (χ0n) is 29.0. The Balaban J connectivity index is 1.40. The van der Waals surface area contributed by atoms with E-state index in [2.05, 4.69) is 14.9 Å². The van der Waals surface area contributed by atoms with Gasteiger partial charge in [-0.15, -0.1) is 0 Å². The molecule has 12 heteroatoms. The highest BCUT2D eigenvalue weighted by atomic mass is 19.4. The van der Waals surface area contributed by atoms with Gasteiger partial charge in [0.1, 0.15) is 0 Å². The normalized spacial score (nSPS) is 22.1. The number of benzene rings is 1. The van der Waals surface area contributed by atoms with Crippen LogP contribution in [-0.2, 0) is 23.9 Å². The number of nitrogens with zero attached hydrogens (tertiary/aromatic N) is 4. The standard InChI is InChI=1S/C38H46F6N4O2/c1-22(2)50-21-23-19-45-35(46-20-23)48-15-11-26(12-16-48)34-32(33(39)25-5-7-27(8-6-25)38(42,43)44)30(24-9-13-37(40,41)14-10-24)31-28(47-34)17-36(3,4)18-29(31)49/h5-8,19-20,22,24,26,29,33,49H,9-18,21H2,1-4H3/t29-,33?/m0/s1. The number of fused-ring (bicyclic) bond motifs is 1. The Kier molecular flexibility index (Phi) is 10.3. The van der Waals surface area contributed by atoms with Gasteiger partial charge in [0, 0.05) is 66.6 Å². The fourth-order valence-electron chi connectivity index (χ4n) is 7.92. The molecule has 1 N–H and O–H groups in total. The number of alkyl halides is 6. The fraction of sp³-hybridized carbons (Fsp3) is 0.605. The van der Waals surface area contributed by atoms with Gasteiger partial charge in [0.05, 0.1) is 30.1 Å². The number of piperidine rings is 1. The van der Waals surface area contributed by atoms with E-state index >= 15 is 4.39 Å². The first-order valence-electron chi connectivity index (χ1n) is 17.6. The molecular formula is C38H46F6N4O2. The van der Waals surface area contributed by atoms with Crippen molar-refractivity contribution in [2.75, 3.05) is 18.0 Å². The van der Waals surface area contributed by atoms with Crippen molar-refractivity contribution >= 4 is 5.95 Å². The van der Waals surface area contributed by atoms with Crippen molar-refractivity contribution in [1.82, 2.24) is 15.0 Å². The van der Waals surface area contributed by atoms with Crippen molar-refractivity contribution < 1.29 is 36.2 Å². The van der Waals surface area contributed by atoms with Crippen LogP contribution in [-0.4, -0.2) is 45.2 Å². The summed E-state index contributed by atoms with van der Waals surface area (Å²) in [5, 5.41) is 11.6. The van der Waals surface area contributed by atoms with E-state index < -0.39 is 35.9 Å². The third-order valence-corrected chi connectivity index (χ3v) is 10.5. The van der Waals surface area contributed by atoms with Crippen LogP contribution >= 0.6 is 0 Å². The highest BCUT2D eigenvalue weighted by Gasteiger charge is 2.44. The van der Waals surface area contributed by atoms with Crippen LogP contribution in [0.25, 0.3) is 0 Å². The monoisotopic (exact) mass is 704 g/mol. The van der Waals surface area contributed by atoms with Gasteiger partial charge >= 0.3 is 6.18 Å². The summed E-state index contributed by atoms with van der Waals surface area (Å²) in [6.45, 7) is 9.50. The van der Waals surface area contributed by atoms with E-state index in [-0.39, 0.29) is 54.2 Å². The second kappa shape index (κ2) is 14.1. The number of pyridine rings is 1. The number of aliphatic hydroxyl groups excluding tert-OH is 1. The van der Waals surface area contributed by atoms with E-state index in [0.717, 1.165) is 29.8 Å². The second-order valence-electron chi connectivity index (χ2n) is 15.4. The van der Waals surface area contributed by atoms with Crippen LogP contribution in [0.2, 0.25) is 0 Å². The van der Waals surface area contributed by atoms with E-state index in [4.69, 9.17) is 9.72 Å². The van der Waals surface area contributed by atoms with Gasteiger partial charge in [-0.2, -0.15) is 13.2 Å². The lowest BCUT2D eigenvalue weighted by Crippen LogP contribution is -2.36. The number of halogens is 6. The van der Waals surface area contributed by atoms with Gasteiger partial charge < -0.3 is 14.7 Å². The zero-order valence-corrected chi connectivity index (χ0v) is 29.0. The molecule has 1 aliphatic heterocycles. The first kappa shape index (κ1) is 36.5. The van der Waals surface area contributed by atoms with Gasteiger partial charge in [-0.1, -0.05) is 26.0 Å². The van der Waals surface area contributed by atoms with E-state index in [1.165, 1.54) is 0 Å². The summed E-state index contributed by atoms with van der Waals surface area (Å²) in [6.07, 6.45) is -2.28. The lowest BCUT2D eigenvalue weighted by molar-refractivity contribution is -0.137. The topological polar surface area (TPSA) is 71.4 Å². The molecule has 2 fully saturated rings. The Morgan fingerprint density at radius 1 is 0.940 bits per heavy atom. The molecule has 1 saturated heterocycles. The predicted molar refractivity (Wildman–Crippen MR) is 178 cm³/mol. The number of hydrogen-bond donors (Lipinski definition) is 1. The average Bonchev–Trinajstić information content (AvgIpc) is 3.06. The lowest BCUT2D eigenvalue weighted by atomic mass is 9.68. The molecule has 1 unspecified atom stereocenters. The number of aromatic nitrogens is 3. The molecule has 1 saturated carbocycles. The van der Waals surface area contributed by atoms with Crippen molar-refractivity contribution in [1.29, 1.82) is 0 Å². The number of hydrogen-bond acceptors (Lipinski definition) is 6. The third kappa shape index (κ3) is 7.96. The molecule has 2 atom stereocenters.